The highest BCUT2D eigenvalue weighted by Crippen LogP contribution is 2.29. The number of halogens is 1. The largest absolute Gasteiger partial charge is 0.497 e. The van der Waals surface area contributed by atoms with Crippen LogP contribution >= 0.6 is 11.8 Å². The summed E-state index contributed by atoms with van der Waals surface area (Å²) in [5.74, 6) is 0.558. The summed E-state index contributed by atoms with van der Waals surface area (Å²) >= 11 is 1.57. The first kappa shape index (κ1) is 14.7. The molecular formula is C17H15FN2OS. The lowest BCUT2D eigenvalue weighted by molar-refractivity contribution is 0.414. The van der Waals surface area contributed by atoms with Gasteiger partial charge in [-0.05, 0) is 54.8 Å². The summed E-state index contributed by atoms with van der Waals surface area (Å²) in [6.07, 6.45) is 3.79. The van der Waals surface area contributed by atoms with Crippen molar-refractivity contribution in [2.75, 3.05) is 13.4 Å². The number of aromatic nitrogens is 2. The molecule has 0 aliphatic rings. The summed E-state index contributed by atoms with van der Waals surface area (Å²) in [5, 5.41) is 0.879. The molecule has 2 aromatic carbocycles. The van der Waals surface area contributed by atoms with Crippen molar-refractivity contribution in [3.63, 3.8) is 0 Å². The predicted octanol–water partition coefficient (Wildman–Crippen LogP) is 4.41. The smallest absolute Gasteiger partial charge is 0.172 e. The van der Waals surface area contributed by atoms with Crippen molar-refractivity contribution in [1.29, 1.82) is 0 Å². The molecular weight excluding hydrogens is 299 g/mol. The van der Waals surface area contributed by atoms with Crippen molar-refractivity contribution in [3.05, 3.63) is 60.5 Å². The first-order valence-corrected chi connectivity index (χ1v) is 7.97. The number of benzene rings is 2. The van der Waals surface area contributed by atoms with Crippen LogP contribution in [0.15, 0.2) is 59.9 Å². The van der Waals surface area contributed by atoms with Crippen molar-refractivity contribution < 1.29 is 9.13 Å². The number of nitrogens with zero attached hydrogens (tertiary/aromatic N) is 2. The molecule has 0 N–H and O–H groups in total. The minimum absolute atomic E-state index is 0.246. The van der Waals surface area contributed by atoms with Crippen LogP contribution in [0.5, 0.6) is 5.75 Å². The summed E-state index contributed by atoms with van der Waals surface area (Å²) < 4.78 is 20.4. The van der Waals surface area contributed by atoms with Gasteiger partial charge in [0.2, 0.25) is 0 Å². The maximum atomic E-state index is 13.1. The molecule has 3 rings (SSSR count). The first-order chi connectivity index (χ1) is 10.7. The van der Waals surface area contributed by atoms with Crippen LogP contribution in [0.3, 0.4) is 0 Å². The van der Waals surface area contributed by atoms with E-state index in [4.69, 9.17) is 4.74 Å². The van der Waals surface area contributed by atoms with Gasteiger partial charge in [-0.3, -0.25) is 4.57 Å². The van der Waals surface area contributed by atoms with E-state index in [1.165, 1.54) is 12.1 Å². The van der Waals surface area contributed by atoms with Crippen molar-refractivity contribution in [3.8, 4) is 22.7 Å². The van der Waals surface area contributed by atoms with Crippen LogP contribution in [-0.2, 0) is 0 Å². The fraction of sp³-hybridized carbons (Fsp3) is 0.118. The summed E-state index contributed by atoms with van der Waals surface area (Å²) in [4.78, 5) is 4.45. The molecule has 0 atom stereocenters. The molecule has 0 saturated carbocycles. The molecule has 0 aliphatic carbocycles. The highest BCUT2D eigenvalue weighted by atomic mass is 32.2. The Labute approximate surface area is 132 Å². The van der Waals surface area contributed by atoms with Crippen LogP contribution in [0.4, 0.5) is 4.39 Å². The molecule has 0 unspecified atom stereocenters. The van der Waals surface area contributed by atoms with E-state index in [0.717, 1.165) is 27.9 Å². The molecule has 0 saturated heterocycles. The third-order valence-electron chi connectivity index (χ3n) is 3.38. The van der Waals surface area contributed by atoms with E-state index in [1.807, 2.05) is 36.7 Å². The topological polar surface area (TPSA) is 27.1 Å². The van der Waals surface area contributed by atoms with Crippen LogP contribution in [-0.4, -0.2) is 22.9 Å². The lowest BCUT2D eigenvalue weighted by Gasteiger charge is -2.12. The van der Waals surface area contributed by atoms with Gasteiger partial charge >= 0.3 is 0 Å². The van der Waals surface area contributed by atoms with Crippen LogP contribution in [0.2, 0.25) is 0 Å². The number of thioether (sulfide) groups is 1. The fourth-order valence-corrected chi connectivity index (χ4v) is 2.83. The van der Waals surface area contributed by atoms with Crippen LogP contribution in [0.1, 0.15) is 0 Å². The Hall–Kier alpha value is -2.27. The van der Waals surface area contributed by atoms with Gasteiger partial charge in [0.25, 0.3) is 0 Å². The Morgan fingerprint density at radius 2 is 1.73 bits per heavy atom. The van der Waals surface area contributed by atoms with Crippen molar-refractivity contribution in [2.24, 2.45) is 0 Å². The molecule has 0 spiro atoms. The monoisotopic (exact) mass is 314 g/mol. The molecule has 0 amide bonds. The molecule has 3 aromatic rings. The lowest BCUT2D eigenvalue weighted by atomic mass is 10.1. The molecule has 0 aliphatic heterocycles. The Balaban J connectivity index is 2.12. The molecule has 3 nitrogen and oxygen atoms in total. The van der Waals surface area contributed by atoms with Gasteiger partial charge < -0.3 is 4.74 Å². The Morgan fingerprint density at radius 3 is 2.32 bits per heavy atom. The average molecular weight is 314 g/mol. The number of ether oxygens (including phenoxy) is 1. The van der Waals surface area contributed by atoms with Gasteiger partial charge in [0.1, 0.15) is 11.6 Å². The molecule has 0 radical (unpaired) electrons. The molecule has 5 heteroatoms. The minimum Gasteiger partial charge on any atom is -0.497 e. The maximum absolute atomic E-state index is 13.1. The number of methoxy groups -OCH3 is 1. The lowest BCUT2D eigenvalue weighted by Crippen LogP contribution is -1.99. The quantitative estimate of drug-likeness (QED) is 0.668. The predicted molar refractivity (Wildman–Crippen MR) is 87.3 cm³/mol. The molecule has 0 fully saturated rings. The van der Waals surface area contributed by atoms with Crippen molar-refractivity contribution >= 4 is 11.8 Å². The van der Waals surface area contributed by atoms with Gasteiger partial charge in [0.05, 0.1) is 19.0 Å². The van der Waals surface area contributed by atoms with E-state index < -0.39 is 0 Å². The number of imidazole rings is 1. The second kappa shape index (κ2) is 6.23. The maximum Gasteiger partial charge on any atom is 0.172 e. The minimum atomic E-state index is -0.246. The van der Waals surface area contributed by atoms with E-state index in [9.17, 15) is 4.39 Å². The zero-order chi connectivity index (χ0) is 15.5. The Kier molecular flexibility index (Phi) is 4.15. The van der Waals surface area contributed by atoms with E-state index in [2.05, 4.69) is 9.55 Å². The van der Waals surface area contributed by atoms with Gasteiger partial charge in [-0.25, -0.2) is 9.37 Å². The SMILES string of the molecule is COc1ccc(-n2c(-c3ccc(F)cc3)cnc2SC)cc1. The fourth-order valence-electron chi connectivity index (χ4n) is 2.28. The Bertz CT molecular complexity index is 766. The highest BCUT2D eigenvalue weighted by Gasteiger charge is 2.13. The van der Waals surface area contributed by atoms with E-state index in [1.54, 1.807) is 31.0 Å². The summed E-state index contributed by atoms with van der Waals surface area (Å²) in [6.45, 7) is 0. The molecule has 22 heavy (non-hydrogen) atoms. The van der Waals surface area contributed by atoms with Crippen LogP contribution in [0, 0.1) is 5.82 Å². The zero-order valence-corrected chi connectivity index (χ0v) is 13.1. The second-order valence-corrected chi connectivity index (χ2v) is 5.44. The van der Waals surface area contributed by atoms with Crippen LogP contribution in [0.25, 0.3) is 16.9 Å². The summed E-state index contributed by atoms with van der Waals surface area (Å²) in [6, 6.07) is 14.2. The van der Waals surface area contributed by atoms with E-state index in [0.29, 0.717) is 0 Å². The van der Waals surface area contributed by atoms with Gasteiger partial charge in [-0.1, -0.05) is 11.8 Å². The second-order valence-electron chi connectivity index (χ2n) is 4.67. The number of hydrogen-bond donors (Lipinski definition) is 0. The summed E-state index contributed by atoms with van der Waals surface area (Å²) in [5.41, 5.74) is 2.83. The van der Waals surface area contributed by atoms with Gasteiger partial charge in [-0.2, -0.15) is 0 Å². The van der Waals surface area contributed by atoms with E-state index in [-0.39, 0.29) is 5.82 Å². The first-order valence-electron chi connectivity index (χ1n) is 6.75. The van der Waals surface area contributed by atoms with E-state index >= 15 is 0 Å². The summed E-state index contributed by atoms with van der Waals surface area (Å²) in [7, 11) is 1.64. The highest BCUT2D eigenvalue weighted by molar-refractivity contribution is 7.98. The van der Waals surface area contributed by atoms with Crippen molar-refractivity contribution in [2.45, 2.75) is 5.16 Å². The Morgan fingerprint density at radius 1 is 1.05 bits per heavy atom. The van der Waals surface area contributed by atoms with Crippen LogP contribution < -0.4 is 4.74 Å². The number of hydrogen-bond acceptors (Lipinski definition) is 3. The normalized spacial score (nSPS) is 10.7. The third kappa shape index (κ3) is 2.72. The van der Waals surface area contributed by atoms with Crippen molar-refractivity contribution in [1.82, 2.24) is 9.55 Å². The van der Waals surface area contributed by atoms with Gasteiger partial charge in [0.15, 0.2) is 5.16 Å². The molecule has 112 valence electrons. The molecule has 0 bridgehead atoms. The third-order valence-corrected chi connectivity index (χ3v) is 4.04. The standard InChI is InChI=1S/C17H15FN2OS/c1-21-15-9-7-14(8-10-15)20-16(11-19-17(20)22-2)12-3-5-13(18)6-4-12/h3-11H,1-2H3. The van der Waals surface area contributed by atoms with Gasteiger partial charge in [0, 0.05) is 11.3 Å². The average Bonchev–Trinajstić information content (AvgIpc) is 2.99. The number of rotatable bonds is 4. The van der Waals surface area contributed by atoms with Gasteiger partial charge in [-0.15, -0.1) is 0 Å². The molecule has 1 heterocycles. The molecule has 1 aromatic heterocycles. The zero-order valence-electron chi connectivity index (χ0n) is 12.3.